The fourth-order valence-corrected chi connectivity index (χ4v) is 3.94. The van der Waals surface area contributed by atoms with Gasteiger partial charge in [0.25, 0.3) is 0 Å². The number of hydrogen-bond donors (Lipinski definition) is 5. The number of nitrogens with one attached hydrogen (secondary N) is 2. The topological polar surface area (TPSA) is 185 Å². The molecular weight excluding hydrogens is 454 g/mol. The summed E-state index contributed by atoms with van der Waals surface area (Å²) in [6.07, 6.45) is 0.782. The number of hydrogen-bond acceptors (Lipinski definition) is 6. The number of benzene rings is 1. The zero-order valence-electron chi connectivity index (χ0n) is 20.1. The molecule has 4 unspecified atom stereocenters. The maximum Gasteiger partial charge on any atom is 0.326 e. The van der Waals surface area contributed by atoms with E-state index in [4.69, 9.17) is 11.5 Å². The van der Waals surface area contributed by atoms with Crippen LogP contribution in [0, 0.1) is 5.92 Å². The lowest BCUT2D eigenvalue weighted by molar-refractivity contribution is -0.145. The third-order valence-electron chi connectivity index (χ3n) is 6.05. The van der Waals surface area contributed by atoms with Crippen LogP contribution in [0.25, 0.3) is 0 Å². The Morgan fingerprint density at radius 2 is 1.74 bits per heavy atom. The second kappa shape index (κ2) is 12.8. The molecular formula is C24H35N5O6. The zero-order chi connectivity index (χ0) is 26.1. The van der Waals surface area contributed by atoms with Crippen molar-refractivity contribution >= 4 is 29.6 Å². The van der Waals surface area contributed by atoms with Gasteiger partial charge in [-0.3, -0.25) is 19.2 Å². The van der Waals surface area contributed by atoms with Crippen molar-refractivity contribution in [2.24, 2.45) is 17.4 Å². The molecule has 1 aliphatic rings. The number of primary amides is 1. The molecule has 0 radical (unpaired) electrons. The van der Waals surface area contributed by atoms with E-state index in [9.17, 15) is 29.1 Å². The number of nitrogens with zero attached hydrogens (tertiary/aromatic N) is 1. The molecule has 0 bridgehead atoms. The third-order valence-corrected chi connectivity index (χ3v) is 6.05. The number of rotatable bonds is 12. The zero-order valence-corrected chi connectivity index (χ0v) is 20.1. The van der Waals surface area contributed by atoms with Gasteiger partial charge in [-0.15, -0.1) is 0 Å². The highest BCUT2D eigenvalue weighted by Crippen LogP contribution is 2.20. The van der Waals surface area contributed by atoms with Crippen LogP contribution in [0.4, 0.5) is 0 Å². The Bertz CT molecular complexity index is 922. The van der Waals surface area contributed by atoms with E-state index in [1.807, 2.05) is 0 Å². The standard InChI is InChI=1S/C24H35N5O6/c1-14(2)20(26)22(32)27-16(10-11-19(25)30)23(33)29-12-6-9-18(29)21(31)28-17(24(34)35)13-15-7-4-3-5-8-15/h3-5,7-8,14,16-18,20H,6,9-13,26H2,1-2H3,(H2,25,30)(H,27,32)(H,28,31)(H,34,35). The Kier molecular flexibility index (Phi) is 10.2. The van der Waals surface area contributed by atoms with Crippen LogP contribution in [0.2, 0.25) is 0 Å². The molecule has 7 N–H and O–H groups in total. The Hall–Kier alpha value is -3.47. The normalized spacial score (nSPS) is 17.9. The molecule has 11 heteroatoms. The predicted octanol–water partition coefficient (Wildman–Crippen LogP) is -0.477. The summed E-state index contributed by atoms with van der Waals surface area (Å²) in [6.45, 7) is 3.78. The SMILES string of the molecule is CC(C)C(N)C(=O)NC(CCC(N)=O)C(=O)N1CCCC1C(=O)NC(Cc1ccccc1)C(=O)O. The van der Waals surface area contributed by atoms with E-state index < -0.39 is 53.8 Å². The van der Waals surface area contributed by atoms with Gasteiger partial charge in [0.1, 0.15) is 18.1 Å². The van der Waals surface area contributed by atoms with E-state index >= 15 is 0 Å². The molecule has 192 valence electrons. The first-order valence-electron chi connectivity index (χ1n) is 11.7. The van der Waals surface area contributed by atoms with Gasteiger partial charge in [-0.25, -0.2) is 4.79 Å². The molecule has 4 atom stereocenters. The molecule has 0 aliphatic carbocycles. The van der Waals surface area contributed by atoms with E-state index in [-0.39, 0.29) is 31.7 Å². The number of carbonyl (C=O) groups excluding carboxylic acids is 4. The van der Waals surface area contributed by atoms with Gasteiger partial charge in [0.2, 0.25) is 23.6 Å². The molecule has 0 spiro atoms. The van der Waals surface area contributed by atoms with Crippen molar-refractivity contribution in [3.05, 3.63) is 35.9 Å². The van der Waals surface area contributed by atoms with E-state index in [0.717, 1.165) is 5.56 Å². The summed E-state index contributed by atoms with van der Waals surface area (Å²) in [5.74, 6) is -3.67. The van der Waals surface area contributed by atoms with Gasteiger partial charge in [-0.05, 0) is 30.7 Å². The van der Waals surface area contributed by atoms with Crippen LogP contribution in [0.5, 0.6) is 0 Å². The molecule has 1 fully saturated rings. The maximum absolute atomic E-state index is 13.3. The van der Waals surface area contributed by atoms with Crippen LogP contribution < -0.4 is 22.1 Å². The monoisotopic (exact) mass is 489 g/mol. The molecule has 4 amide bonds. The van der Waals surface area contributed by atoms with Gasteiger partial charge in [-0.2, -0.15) is 0 Å². The molecule has 1 saturated heterocycles. The van der Waals surface area contributed by atoms with Crippen LogP contribution >= 0.6 is 0 Å². The van der Waals surface area contributed by atoms with E-state index in [1.54, 1.807) is 44.2 Å². The first-order valence-corrected chi connectivity index (χ1v) is 11.7. The van der Waals surface area contributed by atoms with Crippen molar-refractivity contribution in [2.45, 2.75) is 70.1 Å². The molecule has 1 heterocycles. The van der Waals surface area contributed by atoms with Gasteiger partial charge in [0.05, 0.1) is 6.04 Å². The van der Waals surface area contributed by atoms with Gasteiger partial charge in [-0.1, -0.05) is 44.2 Å². The Labute approximate surface area is 204 Å². The van der Waals surface area contributed by atoms with Crippen molar-refractivity contribution in [3.63, 3.8) is 0 Å². The summed E-state index contributed by atoms with van der Waals surface area (Å²) >= 11 is 0. The maximum atomic E-state index is 13.3. The smallest absolute Gasteiger partial charge is 0.326 e. The van der Waals surface area contributed by atoms with Gasteiger partial charge < -0.3 is 32.1 Å². The van der Waals surface area contributed by atoms with Crippen LogP contribution in [-0.4, -0.2) is 70.3 Å². The Balaban J connectivity index is 2.14. The van der Waals surface area contributed by atoms with E-state index in [2.05, 4.69) is 10.6 Å². The molecule has 11 nitrogen and oxygen atoms in total. The van der Waals surface area contributed by atoms with Crippen LogP contribution in [0.15, 0.2) is 30.3 Å². The highest BCUT2D eigenvalue weighted by molar-refractivity contribution is 5.94. The van der Waals surface area contributed by atoms with Crippen molar-refractivity contribution in [2.75, 3.05) is 6.54 Å². The van der Waals surface area contributed by atoms with Gasteiger partial charge in [0.15, 0.2) is 0 Å². The number of amides is 4. The highest BCUT2D eigenvalue weighted by atomic mass is 16.4. The lowest BCUT2D eigenvalue weighted by atomic mass is 10.0. The first kappa shape index (κ1) is 27.8. The fourth-order valence-electron chi connectivity index (χ4n) is 3.94. The Morgan fingerprint density at radius 3 is 2.31 bits per heavy atom. The van der Waals surface area contributed by atoms with Gasteiger partial charge >= 0.3 is 5.97 Å². The van der Waals surface area contributed by atoms with Crippen molar-refractivity contribution in [1.82, 2.24) is 15.5 Å². The highest BCUT2D eigenvalue weighted by Gasteiger charge is 2.39. The number of carbonyl (C=O) groups is 5. The molecule has 0 aromatic heterocycles. The molecule has 1 aromatic rings. The minimum Gasteiger partial charge on any atom is -0.480 e. The molecule has 1 aromatic carbocycles. The Morgan fingerprint density at radius 1 is 1.09 bits per heavy atom. The average molecular weight is 490 g/mol. The second-order valence-corrected chi connectivity index (χ2v) is 9.11. The van der Waals surface area contributed by atoms with Crippen LogP contribution in [0.3, 0.4) is 0 Å². The number of nitrogens with two attached hydrogens (primary N) is 2. The van der Waals surface area contributed by atoms with Gasteiger partial charge in [0, 0.05) is 19.4 Å². The molecule has 1 aliphatic heterocycles. The summed E-state index contributed by atoms with van der Waals surface area (Å²) in [5.41, 5.74) is 11.9. The minimum absolute atomic E-state index is 0.0404. The second-order valence-electron chi connectivity index (χ2n) is 9.11. The van der Waals surface area contributed by atoms with Crippen LogP contribution in [-0.2, 0) is 30.4 Å². The molecule has 35 heavy (non-hydrogen) atoms. The first-order chi connectivity index (χ1) is 16.5. The largest absolute Gasteiger partial charge is 0.480 e. The van der Waals surface area contributed by atoms with Crippen molar-refractivity contribution in [1.29, 1.82) is 0 Å². The van der Waals surface area contributed by atoms with Crippen molar-refractivity contribution in [3.8, 4) is 0 Å². The average Bonchev–Trinajstić information content (AvgIpc) is 3.30. The summed E-state index contributed by atoms with van der Waals surface area (Å²) in [4.78, 5) is 63.3. The number of carboxylic acids is 1. The lowest BCUT2D eigenvalue weighted by Gasteiger charge is -2.30. The summed E-state index contributed by atoms with van der Waals surface area (Å²) < 4.78 is 0. The van der Waals surface area contributed by atoms with E-state index in [0.29, 0.717) is 12.8 Å². The quantitative estimate of drug-likeness (QED) is 0.262. The molecule has 2 rings (SSSR count). The van der Waals surface area contributed by atoms with E-state index in [1.165, 1.54) is 4.90 Å². The number of carboxylic acid groups (broad SMARTS) is 1. The van der Waals surface area contributed by atoms with Crippen molar-refractivity contribution < 1.29 is 29.1 Å². The number of aliphatic carboxylic acids is 1. The third kappa shape index (κ3) is 8.06. The molecule has 0 saturated carbocycles. The lowest BCUT2D eigenvalue weighted by Crippen LogP contribution is -2.57. The number of likely N-dealkylation sites (tertiary alicyclic amines) is 1. The summed E-state index contributed by atoms with van der Waals surface area (Å²) in [5, 5.41) is 14.7. The predicted molar refractivity (Wildman–Crippen MR) is 128 cm³/mol. The summed E-state index contributed by atoms with van der Waals surface area (Å²) in [7, 11) is 0. The summed E-state index contributed by atoms with van der Waals surface area (Å²) in [6, 6.07) is 4.88. The minimum atomic E-state index is -1.19. The fraction of sp³-hybridized carbons (Fsp3) is 0.542. The van der Waals surface area contributed by atoms with Crippen LogP contribution in [0.1, 0.15) is 45.1 Å².